The summed E-state index contributed by atoms with van der Waals surface area (Å²) in [5, 5.41) is 6.52. The van der Waals surface area contributed by atoms with Crippen molar-refractivity contribution in [3.8, 4) is 0 Å². The average Bonchev–Trinajstić information content (AvgIpc) is 2.98. The van der Waals surface area contributed by atoms with Crippen LogP contribution in [0.4, 0.5) is 0 Å². The highest BCUT2D eigenvalue weighted by atomic mass is 32.2. The van der Waals surface area contributed by atoms with Crippen molar-refractivity contribution in [1.82, 2.24) is 14.9 Å². The highest BCUT2D eigenvalue weighted by Crippen LogP contribution is 2.28. The predicted molar refractivity (Wildman–Crippen MR) is 59.1 cm³/mol. The first-order valence-electron chi connectivity index (χ1n) is 5.28. The molecular formula is C9H16N4O2S. The highest BCUT2D eigenvalue weighted by molar-refractivity contribution is 7.89. The number of sulfonamides is 1. The van der Waals surface area contributed by atoms with Gasteiger partial charge in [-0.3, -0.25) is 5.10 Å². The standard InChI is InChI=1S/C9H16N4O2S/c1-6-9(8(4-10)13-12-6)16(14,15)11-5-7-2-3-7/h7,11H,2-5,10H2,1H3,(H,12,13). The number of aromatic nitrogens is 2. The van der Waals surface area contributed by atoms with Crippen LogP contribution in [0, 0.1) is 12.8 Å². The van der Waals surface area contributed by atoms with E-state index in [1.165, 1.54) is 0 Å². The van der Waals surface area contributed by atoms with Gasteiger partial charge < -0.3 is 5.73 Å². The van der Waals surface area contributed by atoms with Crippen LogP contribution in [0.15, 0.2) is 4.90 Å². The number of nitrogens with one attached hydrogen (secondary N) is 2. The number of hydrogen-bond acceptors (Lipinski definition) is 4. The number of H-pyrrole nitrogens is 1. The van der Waals surface area contributed by atoms with Gasteiger partial charge in [-0.15, -0.1) is 0 Å². The molecule has 90 valence electrons. The Balaban J connectivity index is 2.22. The van der Waals surface area contributed by atoms with Crippen molar-refractivity contribution in [1.29, 1.82) is 0 Å². The summed E-state index contributed by atoms with van der Waals surface area (Å²) in [6.45, 7) is 2.30. The minimum atomic E-state index is -3.47. The zero-order valence-electron chi connectivity index (χ0n) is 9.16. The van der Waals surface area contributed by atoms with E-state index >= 15 is 0 Å². The molecule has 0 bridgehead atoms. The predicted octanol–water partition coefficient (Wildman–Crippen LogP) is -0.135. The molecule has 0 radical (unpaired) electrons. The maximum atomic E-state index is 12.0. The van der Waals surface area contributed by atoms with Crippen molar-refractivity contribution in [2.75, 3.05) is 6.54 Å². The van der Waals surface area contributed by atoms with Crippen molar-refractivity contribution in [3.63, 3.8) is 0 Å². The van der Waals surface area contributed by atoms with Crippen LogP contribution in [0.25, 0.3) is 0 Å². The smallest absolute Gasteiger partial charge is 0.244 e. The number of nitrogens with zero attached hydrogens (tertiary/aromatic N) is 1. The molecule has 0 aliphatic heterocycles. The lowest BCUT2D eigenvalue weighted by atomic mass is 10.4. The fourth-order valence-corrected chi connectivity index (χ4v) is 3.07. The van der Waals surface area contributed by atoms with E-state index in [1.54, 1.807) is 6.92 Å². The summed E-state index contributed by atoms with van der Waals surface area (Å²) in [5.41, 5.74) is 6.38. The molecule has 16 heavy (non-hydrogen) atoms. The van der Waals surface area contributed by atoms with Gasteiger partial charge in [0.1, 0.15) is 4.90 Å². The normalized spacial score (nSPS) is 16.6. The summed E-state index contributed by atoms with van der Waals surface area (Å²) in [6.07, 6.45) is 2.22. The summed E-state index contributed by atoms with van der Waals surface area (Å²) < 4.78 is 26.6. The monoisotopic (exact) mass is 244 g/mol. The lowest BCUT2D eigenvalue weighted by Gasteiger charge is -2.06. The molecule has 7 heteroatoms. The molecule has 1 saturated carbocycles. The summed E-state index contributed by atoms with van der Waals surface area (Å²) >= 11 is 0. The lowest BCUT2D eigenvalue weighted by Crippen LogP contribution is -2.27. The zero-order chi connectivity index (χ0) is 11.8. The molecule has 1 aromatic heterocycles. The Morgan fingerprint density at radius 3 is 2.81 bits per heavy atom. The minimum Gasteiger partial charge on any atom is -0.325 e. The summed E-state index contributed by atoms with van der Waals surface area (Å²) in [4.78, 5) is 0.204. The van der Waals surface area contributed by atoms with E-state index in [-0.39, 0.29) is 11.4 Å². The van der Waals surface area contributed by atoms with Gasteiger partial charge in [-0.2, -0.15) is 5.10 Å². The quantitative estimate of drug-likeness (QED) is 0.671. The topological polar surface area (TPSA) is 101 Å². The molecule has 1 heterocycles. The molecule has 1 aromatic rings. The lowest BCUT2D eigenvalue weighted by molar-refractivity contribution is 0.575. The molecule has 6 nitrogen and oxygen atoms in total. The van der Waals surface area contributed by atoms with Gasteiger partial charge in [0, 0.05) is 13.1 Å². The van der Waals surface area contributed by atoms with E-state index in [0.717, 1.165) is 12.8 Å². The van der Waals surface area contributed by atoms with Gasteiger partial charge in [0.25, 0.3) is 0 Å². The largest absolute Gasteiger partial charge is 0.325 e. The summed E-state index contributed by atoms with van der Waals surface area (Å²) in [6, 6.07) is 0. The van der Waals surface area contributed by atoms with Gasteiger partial charge in [-0.05, 0) is 25.7 Å². The Kier molecular flexibility index (Phi) is 3.00. The third-order valence-corrected chi connectivity index (χ3v) is 4.31. The molecule has 4 N–H and O–H groups in total. The van der Waals surface area contributed by atoms with Gasteiger partial charge in [0.05, 0.1) is 11.4 Å². The van der Waals surface area contributed by atoms with E-state index < -0.39 is 10.0 Å². The number of hydrogen-bond donors (Lipinski definition) is 3. The first-order valence-corrected chi connectivity index (χ1v) is 6.76. The van der Waals surface area contributed by atoms with E-state index in [9.17, 15) is 8.42 Å². The van der Waals surface area contributed by atoms with E-state index in [4.69, 9.17) is 5.73 Å². The molecule has 0 amide bonds. The number of rotatable bonds is 5. The Hall–Kier alpha value is -0.920. The maximum Gasteiger partial charge on any atom is 0.244 e. The van der Waals surface area contributed by atoms with E-state index in [0.29, 0.717) is 23.9 Å². The Bertz CT molecular complexity index is 476. The van der Waals surface area contributed by atoms with Crippen LogP contribution < -0.4 is 10.5 Å². The summed E-state index contributed by atoms with van der Waals surface area (Å²) in [7, 11) is -3.47. The molecule has 0 saturated heterocycles. The second kappa shape index (κ2) is 4.15. The van der Waals surface area contributed by atoms with Crippen LogP contribution in [0.1, 0.15) is 24.2 Å². The molecule has 1 aliphatic rings. The van der Waals surface area contributed by atoms with Gasteiger partial charge in [-0.1, -0.05) is 0 Å². The number of nitrogens with two attached hydrogens (primary N) is 1. The molecular weight excluding hydrogens is 228 g/mol. The summed E-state index contributed by atoms with van der Waals surface area (Å²) in [5.74, 6) is 0.503. The molecule has 1 fully saturated rings. The first kappa shape index (κ1) is 11.6. The zero-order valence-corrected chi connectivity index (χ0v) is 9.97. The van der Waals surface area contributed by atoms with Crippen LogP contribution in [-0.4, -0.2) is 25.2 Å². The van der Waals surface area contributed by atoms with Crippen molar-refractivity contribution < 1.29 is 8.42 Å². The molecule has 0 atom stereocenters. The number of aromatic amines is 1. The van der Waals surface area contributed by atoms with Crippen molar-refractivity contribution >= 4 is 10.0 Å². The van der Waals surface area contributed by atoms with Crippen LogP contribution in [0.3, 0.4) is 0 Å². The SMILES string of the molecule is Cc1[nH]nc(CN)c1S(=O)(=O)NCC1CC1. The molecule has 0 unspecified atom stereocenters. The van der Waals surface area contributed by atoms with Gasteiger partial charge in [0.15, 0.2) is 0 Å². The van der Waals surface area contributed by atoms with Crippen LogP contribution in [0.5, 0.6) is 0 Å². The van der Waals surface area contributed by atoms with Crippen LogP contribution in [0.2, 0.25) is 0 Å². The fourth-order valence-electron chi connectivity index (χ4n) is 1.59. The van der Waals surface area contributed by atoms with Crippen LogP contribution in [-0.2, 0) is 16.6 Å². The first-order chi connectivity index (χ1) is 7.54. The third kappa shape index (κ3) is 2.26. The average molecular weight is 244 g/mol. The fraction of sp³-hybridized carbons (Fsp3) is 0.667. The maximum absolute atomic E-state index is 12.0. The third-order valence-electron chi connectivity index (χ3n) is 2.68. The Morgan fingerprint density at radius 2 is 2.25 bits per heavy atom. The van der Waals surface area contributed by atoms with Crippen molar-refractivity contribution in [2.45, 2.75) is 31.2 Å². The van der Waals surface area contributed by atoms with Gasteiger partial charge in [-0.25, -0.2) is 13.1 Å². The molecule has 0 aromatic carbocycles. The van der Waals surface area contributed by atoms with Crippen molar-refractivity contribution in [2.24, 2.45) is 11.7 Å². The Morgan fingerprint density at radius 1 is 1.56 bits per heavy atom. The van der Waals surface area contributed by atoms with Crippen LogP contribution >= 0.6 is 0 Å². The number of aryl methyl sites for hydroxylation is 1. The Labute approximate surface area is 94.7 Å². The van der Waals surface area contributed by atoms with Gasteiger partial charge in [0.2, 0.25) is 10.0 Å². The second-order valence-electron chi connectivity index (χ2n) is 4.12. The van der Waals surface area contributed by atoms with E-state index in [2.05, 4.69) is 14.9 Å². The molecule has 1 aliphatic carbocycles. The minimum absolute atomic E-state index is 0.115. The highest BCUT2D eigenvalue weighted by Gasteiger charge is 2.27. The second-order valence-corrected chi connectivity index (χ2v) is 5.83. The van der Waals surface area contributed by atoms with Gasteiger partial charge >= 0.3 is 0 Å². The van der Waals surface area contributed by atoms with Crippen molar-refractivity contribution in [3.05, 3.63) is 11.4 Å². The molecule has 2 rings (SSSR count). The van der Waals surface area contributed by atoms with E-state index in [1.807, 2.05) is 0 Å². The molecule has 0 spiro atoms.